The maximum atomic E-state index is 13.0. The van der Waals surface area contributed by atoms with Gasteiger partial charge in [0.15, 0.2) is 0 Å². The maximum absolute atomic E-state index is 13.0. The lowest BCUT2D eigenvalue weighted by Gasteiger charge is -2.13. The number of rotatable bonds is 5. The number of benzene rings is 1. The standard InChI is InChI=1S/C12H13FN2O4/c1-6-2-3-7(13)4-8(6)11(17)15-9(12(18)19)5-10(14)16/h2-4,9H,5H2,1H3,(H2,14,16)(H,15,17)(H,18,19). The van der Waals surface area contributed by atoms with E-state index < -0.39 is 36.1 Å². The number of primary amides is 1. The van der Waals surface area contributed by atoms with Gasteiger partial charge in [0.25, 0.3) is 5.91 Å². The fraction of sp³-hybridized carbons (Fsp3) is 0.250. The van der Waals surface area contributed by atoms with E-state index in [0.717, 1.165) is 6.07 Å². The highest BCUT2D eigenvalue weighted by Gasteiger charge is 2.23. The van der Waals surface area contributed by atoms with Crippen LogP contribution in [0.5, 0.6) is 0 Å². The summed E-state index contributed by atoms with van der Waals surface area (Å²) in [6.07, 6.45) is -0.532. The molecular formula is C12H13FN2O4. The van der Waals surface area contributed by atoms with E-state index in [2.05, 4.69) is 5.32 Å². The van der Waals surface area contributed by atoms with Crippen LogP contribution < -0.4 is 11.1 Å². The molecule has 2 amide bonds. The fourth-order valence-electron chi connectivity index (χ4n) is 1.48. The van der Waals surface area contributed by atoms with Crippen LogP contribution in [0.2, 0.25) is 0 Å². The van der Waals surface area contributed by atoms with Crippen LogP contribution in [-0.2, 0) is 9.59 Å². The predicted octanol–water partition coefficient (Wildman–Crippen LogP) is 0.193. The second-order valence-electron chi connectivity index (χ2n) is 3.99. The summed E-state index contributed by atoms with van der Waals surface area (Å²) in [6, 6.07) is 2.14. The second kappa shape index (κ2) is 5.94. The van der Waals surface area contributed by atoms with Crippen molar-refractivity contribution in [1.82, 2.24) is 5.32 Å². The first kappa shape index (κ1) is 14.6. The minimum absolute atomic E-state index is 0.00993. The third kappa shape index (κ3) is 4.06. The highest BCUT2D eigenvalue weighted by molar-refractivity contribution is 5.98. The zero-order valence-electron chi connectivity index (χ0n) is 10.1. The first-order valence-corrected chi connectivity index (χ1v) is 5.39. The summed E-state index contributed by atoms with van der Waals surface area (Å²) in [7, 11) is 0. The summed E-state index contributed by atoms with van der Waals surface area (Å²) < 4.78 is 13.0. The minimum Gasteiger partial charge on any atom is -0.480 e. The Kier molecular flexibility index (Phi) is 4.57. The number of carboxylic acids is 1. The maximum Gasteiger partial charge on any atom is 0.326 e. The van der Waals surface area contributed by atoms with Gasteiger partial charge in [-0.15, -0.1) is 0 Å². The van der Waals surface area contributed by atoms with Crippen LogP contribution in [0.25, 0.3) is 0 Å². The molecule has 0 radical (unpaired) electrons. The van der Waals surface area contributed by atoms with Crippen LogP contribution in [0.1, 0.15) is 22.3 Å². The third-order valence-corrected chi connectivity index (χ3v) is 2.45. The number of amides is 2. The van der Waals surface area contributed by atoms with Gasteiger partial charge < -0.3 is 16.2 Å². The van der Waals surface area contributed by atoms with Crippen molar-refractivity contribution in [2.24, 2.45) is 5.73 Å². The quantitative estimate of drug-likeness (QED) is 0.708. The van der Waals surface area contributed by atoms with E-state index in [0.29, 0.717) is 5.56 Å². The van der Waals surface area contributed by atoms with Crippen LogP contribution in [0, 0.1) is 12.7 Å². The lowest BCUT2D eigenvalue weighted by Crippen LogP contribution is -2.43. The van der Waals surface area contributed by atoms with E-state index in [4.69, 9.17) is 10.8 Å². The van der Waals surface area contributed by atoms with Gasteiger partial charge in [-0.25, -0.2) is 9.18 Å². The molecule has 0 aliphatic carbocycles. The van der Waals surface area contributed by atoms with Crippen LogP contribution in [0.15, 0.2) is 18.2 Å². The van der Waals surface area contributed by atoms with Crippen molar-refractivity contribution < 1.29 is 23.9 Å². The highest BCUT2D eigenvalue weighted by Crippen LogP contribution is 2.10. The average Bonchev–Trinajstić information content (AvgIpc) is 2.30. The molecule has 0 aliphatic heterocycles. The van der Waals surface area contributed by atoms with E-state index in [9.17, 15) is 18.8 Å². The van der Waals surface area contributed by atoms with Gasteiger partial charge >= 0.3 is 5.97 Å². The number of carboxylic acid groups (broad SMARTS) is 1. The van der Waals surface area contributed by atoms with Gasteiger partial charge in [-0.05, 0) is 24.6 Å². The minimum atomic E-state index is -1.44. The Balaban J connectivity index is 2.90. The Hall–Kier alpha value is -2.44. The van der Waals surface area contributed by atoms with Gasteiger partial charge in [0, 0.05) is 5.56 Å². The van der Waals surface area contributed by atoms with Gasteiger partial charge in [0.1, 0.15) is 11.9 Å². The summed E-state index contributed by atoms with van der Waals surface area (Å²) in [6.45, 7) is 1.58. The molecule has 1 atom stereocenters. The molecule has 1 unspecified atom stereocenters. The van der Waals surface area contributed by atoms with Gasteiger partial charge in [-0.1, -0.05) is 6.07 Å². The lowest BCUT2D eigenvalue weighted by molar-refractivity contribution is -0.140. The average molecular weight is 268 g/mol. The van der Waals surface area contributed by atoms with Crippen molar-refractivity contribution in [3.63, 3.8) is 0 Å². The van der Waals surface area contributed by atoms with E-state index in [1.807, 2.05) is 0 Å². The number of carbonyl (C=O) groups excluding carboxylic acids is 2. The molecule has 6 nitrogen and oxygen atoms in total. The molecule has 1 aromatic rings. The molecular weight excluding hydrogens is 255 g/mol. The molecule has 0 saturated carbocycles. The zero-order valence-corrected chi connectivity index (χ0v) is 10.1. The van der Waals surface area contributed by atoms with E-state index in [-0.39, 0.29) is 5.56 Å². The molecule has 4 N–H and O–H groups in total. The second-order valence-corrected chi connectivity index (χ2v) is 3.99. The number of aryl methyl sites for hydroxylation is 1. The zero-order chi connectivity index (χ0) is 14.6. The first-order chi connectivity index (χ1) is 8.81. The topological polar surface area (TPSA) is 109 Å². The summed E-state index contributed by atoms with van der Waals surface area (Å²) in [4.78, 5) is 33.4. The molecule has 0 aliphatic rings. The van der Waals surface area contributed by atoms with E-state index in [1.54, 1.807) is 6.92 Å². The van der Waals surface area contributed by atoms with Gasteiger partial charge in [-0.2, -0.15) is 0 Å². The van der Waals surface area contributed by atoms with Gasteiger partial charge in [-0.3, -0.25) is 9.59 Å². The van der Waals surface area contributed by atoms with Crippen molar-refractivity contribution >= 4 is 17.8 Å². The first-order valence-electron chi connectivity index (χ1n) is 5.39. The summed E-state index contributed by atoms with van der Waals surface area (Å²) in [5.41, 5.74) is 5.38. The van der Waals surface area contributed by atoms with Crippen LogP contribution >= 0.6 is 0 Å². The summed E-state index contributed by atoms with van der Waals surface area (Å²) in [5, 5.41) is 11.0. The molecule has 0 bridgehead atoms. The number of hydrogen-bond donors (Lipinski definition) is 3. The van der Waals surface area contributed by atoms with Gasteiger partial charge in [0.05, 0.1) is 6.42 Å². The molecule has 7 heteroatoms. The normalized spacial score (nSPS) is 11.7. The summed E-state index contributed by atoms with van der Waals surface area (Å²) >= 11 is 0. The Labute approximate surface area is 108 Å². The van der Waals surface area contributed by atoms with Crippen molar-refractivity contribution in [2.45, 2.75) is 19.4 Å². The SMILES string of the molecule is Cc1ccc(F)cc1C(=O)NC(CC(N)=O)C(=O)O. The number of carbonyl (C=O) groups is 3. The molecule has 0 fully saturated rings. The molecule has 0 spiro atoms. The van der Waals surface area contributed by atoms with Crippen LogP contribution in [-0.4, -0.2) is 28.9 Å². The Bertz CT molecular complexity index is 530. The third-order valence-electron chi connectivity index (χ3n) is 2.45. The Morgan fingerprint density at radius 3 is 2.58 bits per heavy atom. The van der Waals surface area contributed by atoms with Crippen molar-refractivity contribution in [1.29, 1.82) is 0 Å². The van der Waals surface area contributed by atoms with Crippen molar-refractivity contribution in [3.8, 4) is 0 Å². The Morgan fingerprint density at radius 2 is 2.05 bits per heavy atom. The van der Waals surface area contributed by atoms with E-state index >= 15 is 0 Å². The Morgan fingerprint density at radius 1 is 1.42 bits per heavy atom. The van der Waals surface area contributed by atoms with Crippen molar-refractivity contribution in [3.05, 3.63) is 35.1 Å². The molecule has 102 valence electrons. The number of nitrogens with one attached hydrogen (secondary N) is 1. The lowest BCUT2D eigenvalue weighted by atomic mass is 10.1. The molecule has 0 aromatic heterocycles. The highest BCUT2D eigenvalue weighted by atomic mass is 19.1. The molecule has 0 saturated heterocycles. The summed E-state index contributed by atoms with van der Waals surface area (Å²) in [5.74, 6) is -3.63. The smallest absolute Gasteiger partial charge is 0.326 e. The molecule has 1 aromatic carbocycles. The van der Waals surface area contributed by atoms with E-state index in [1.165, 1.54) is 12.1 Å². The number of aliphatic carboxylic acids is 1. The number of hydrogen-bond acceptors (Lipinski definition) is 3. The largest absolute Gasteiger partial charge is 0.480 e. The molecule has 1 rings (SSSR count). The van der Waals surface area contributed by atoms with Gasteiger partial charge in [0.2, 0.25) is 5.91 Å². The van der Waals surface area contributed by atoms with Crippen molar-refractivity contribution in [2.75, 3.05) is 0 Å². The van der Waals surface area contributed by atoms with Crippen LogP contribution in [0.3, 0.4) is 0 Å². The molecule has 0 heterocycles. The predicted molar refractivity (Wildman–Crippen MR) is 63.8 cm³/mol. The fourth-order valence-corrected chi connectivity index (χ4v) is 1.48. The van der Waals surface area contributed by atoms with Crippen LogP contribution in [0.4, 0.5) is 4.39 Å². The number of nitrogens with two attached hydrogens (primary N) is 1. The molecule has 19 heavy (non-hydrogen) atoms. The number of halogens is 1. The monoisotopic (exact) mass is 268 g/mol.